The third kappa shape index (κ3) is 2.79. The molecule has 1 spiro atoms. The molecule has 0 bridgehead atoms. The zero-order valence-electron chi connectivity index (χ0n) is 14.1. The lowest BCUT2D eigenvalue weighted by molar-refractivity contribution is -0.144. The van der Waals surface area contributed by atoms with Crippen LogP contribution in [0.15, 0.2) is 12.4 Å². The van der Waals surface area contributed by atoms with Crippen molar-refractivity contribution in [3.63, 3.8) is 0 Å². The van der Waals surface area contributed by atoms with Crippen molar-refractivity contribution in [2.45, 2.75) is 37.6 Å². The lowest BCUT2D eigenvalue weighted by atomic mass is 9.78. The second-order valence-electron chi connectivity index (χ2n) is 7.18. The number of carbonyl (C=O) groups is 2. The molecule has 3 aliphatic heterocycles. The first-order valence-corrected chi connectivity index (χ1v) is 8.94. The van der Waals surface area contributed by atoms with Crippen LogP contribution in [-0.2, 0) is 9.59 Å². The van der Waals surface area contributed by atoms with Crippen molar-refractivity contribution >= 4 is 23.5 Å². The molecule has 8 nitrogen and oxygen atoms in total. The first-order valence-electron chi connectivity index (χ1n) is 8.94. The van der Waals surface area contributed by atoms with Crippen LogP contribution in [0, 0.1) is 5.92 Å². The number of amides is 1. The average molecular weight is 345 g/mol. The number of aliphatic carboxylic acids is 1. The Kier molecular flexibility index (Phi) is 3.97. The number of rotatable bonds is 3. The molecule has 2 N–H and O–H groups in total. The molecule has 4 rings (SSSR count). The lowest BCUT2D eigenvalue weighted by Gasteiger charge is -2.42. The van der Waals surface area contributed by atoms with Crippen LogP contribution < -0.4 is 15.1 Å². The van der Waals surface area contributed by atoms with Crippen molar-refractivity contribution in [1.29, 1.82) is 0 Å². The number of carboxylic acid groups (broad SMARTS) is 1. The predicted molar refractivity (Wildman–Crippen MR) is 91.5 cm³/mol. The van der Waals surface area contributed by atoms with Gasteiger partial charge in [-0.2, -0.15) is 0 Å². The Bertz CT molecular complexity index is 681. The van der Waals surface area contributed by atoms with Gasteiger partial charge in [0.05, 0.1) is 11.5 Å². The van der Waals surface area contributed by atoms with E-state index >= 15 is 0 Å². The zero-order valence-corrected chi connectivity index (χ0v) is 14.1. The van der Waals surface area contributed by atoms with E-state index in [1.165, 1.54) is 12.8 Å². The van der Waals surface area contributed by atoms with Gasteiger partial charge in [0.1, 0.15) is 0 Å². The molecule has 4 heterocycles. The molecular weight excluding hydrogens is 322 g/mol. The summed E-state index contributed by atoms with van der Waals surface area (Å²) in [5.41, 5.74) is -0.616. The first kappa shape index (κ1) is 16.1. The third-order valence-electron chi connectivity index (χ3n) is 5.76. The lowest BCUT2D eigenvalue weighted by Crippen LogP contribution is -2.56. The van der Waals surface area contributed by atoms with Crippen molar-refractivity contribution < 1.29 is 14.7 Å². The third-order valence-corrected chi connectivity index (χ3v) is 5.76. The van der Waals surface area contributed by atoms with Crippen LogP contribution in [-0.4, -0.2) is 58.7 Å². The van der Waals surface area contributed by atoms with Crippen LogP contribution in [0.3, 0.4) is 0 Å². The van der Waals surface area contributed by atoms with E-state index in [0.717, 1.165) is 24.7 Å². The zero-order chi connectivity index (χ0) is 17.4. The van der Waals surface area contributed by atoms with Crippen LogP contribution in [0.5, 0.6) is 0 Å². The van der Waals surface area contributed by atoms with E-state index in [4.69, 9.17) is 0 Å². The maximum absolute atomic E-state index is 11.8. The first-order chi connectivity index (χ1) is 12.1. The average Bonchev–Trinajstić information content (AvgIpc) is 3.24. The highest BCUT2D eigenvalue weighted by atomic mass is 16.4. The number of anilines is 2. The van der Waals surface area contributed by atoms with Gasteiger partial charge in [-0.1, -0.05) is 0 Å². The predicted octanol–water partition coefficient (Wildman–Crippen LogP) is 0.636. The van der Waals surface area contributed by atoms with Crippen LogP contribution in [0.25, 0.3) is 0 Å². The fourth-order valence-corrected chi connectivity index (χ4v) is 4.41. The summed E-state index contributed by atoms with van der Waals surface area (Å²) in [6, 6.07) is 0. The van der Waals surface area contributed by atoms with Crippen LogP contribution in [0.4, 0.5) is 11.6 Å². The van der Waals surface area contributed by atoms with Gasteiger partial charge >= 0.3 is 5.97 Å². The Hall–Kier alpha value is -2.38. The molecule has 0 aromatic carbocycles. The standard InChI is InChI=1S/C17H23N5O3/c23-13-11-12(16(24)25)17(20-13)3-9-22(10-4-17)15-14(18-5-6-19-15)21-7-1-2-8-21/h5-6,12H,1-4,7-11H2,(H,20,23)(H,24,25). The monoisotopic (exact) mass is 345 g/mol. The highest BCUT2D eigenvalue weighted by Gasteiger charge is 2.51. The van der Waals surface area contributed by atoms with Gasteiger partial charge in [0.25, 0.3) is 0 Å². The van der Waals surface area contributed by atoms with Gasteiger partial charge in [0.15, 0.2) is 11.6 Å². The molecule has 1 amide bonds. The topological polar surface area (TPSA) is 98.7 Å². The maximum atomic E-state index is 11.8. The quantitative estimate of drug-likeness (QED) is 0.829. The molecule has 1 unspecified atom stereocenters. The van der Waals surface area contributed by atoms with E-state index in [1.807, 2.05) is 0 Å². The SMILES string of the molecule is O=C1CC(C(=O)O)C2(CCN(c3nccnc3N3CCCC3)CC2)N1. The molecule has 3 saturated heterocycles. The van der Waals surface area contributed by atoms with Gasteiger partial charge in [0, 0.05) is 45.0 Å². The van der Waals surface area contributed by atoms with Crippen molar-refractivity contribution in [1.82, 2.24) is 15.3 Å². The van der Waals surface area contributed by atoms with Gasteiger partial charge in [-0.3, -0.25) is 9.59 Å². The number of hydrogen-bond donors (Lipinski definition) is 2. The summed E-state index contributed by atoms with van der Waals surface area (Å²) >= 11 is 0. The number of carbonyl (C=O) groups excluding carboxylic acids is 1. The second-order valence-corrected chi connectivity index (χ2v) is 7.18. The number of nitrogens with one attached hydrogen (secondary N) is 1. The van der Waals surface area contributed by atoms with E-state index in [0.29, 0.717) is 25.9 Å². The van der Waals surface area contributed by atoms with E-state index in [9.17, 15) is 14.7 Å². The van der Waals surface area contributed by atoms with E-state index in [-0.39, 0.29) is 12.3 Å². The van der Waals surface area contributed by atoms with Crippen molar-refractivity contribution in [2.75, 3.05) is 36.0 Å². The fourth-order valence-electron chi connectivity index (χ4n) is 4.41. The number of piperidine rings is 1. The summed E-state index contributed by atoms with van der Waals surface area (Å²) in [4.78, 5) is 36.9. The van der Waals surface area contributed by atoms with Gasteiger partial charge in [-0.15, -0.1) is 0 Å². The normalized spacial score (nSPS) is 25.4. The Labute approximate surface area is 146 Å². The molecule has 0 radical (unpaired) electrons. The van der Waals surface area contributed by atoms with Gasteiger partial charge in [0.2, 0.25) is 5.91 Å². The van der Waals surface area contributed by atoms with E-state index < -0.39 is 17.4 Å². The Morgan fingerprint density at radius 1 is 1.08 bits per heavy atom. The van der Waals surface area contributed by atoms with Crippen molar-refractivity contribution in [3.8, 4) is 0 Å². The number of nitrogens with zero attached hydrogens (tertiary/aromatic N) is 4. The molecule has 8 heteroatoms. The van der Waals surface area contributed by atoms with E-state index in [1.54, 1.807) is 12.4 Å². The minimum atomic E-state index is -0.885. The minimum absolute atomic E-state index is 0.0828. The summed E-state index contributed by atoms with van der Waals surface area (Å²) in [7, 11) is 0. The minimum Gasteiger partial charge on any atom is -0.481 e. The molecule has 134 valence electrons. The number of hydrogen-bond acceptors (Lipinski definition) is 6. The Morgan fingerprint density at radius 2 is 1.64 bits per heavy atom. The van der Waals surface area contributed by atoms with Crippen molar-refractivity contribution in [2.24, 2.45) is 5.92 Å². The maximum Gasteiger partial charge on any atom is 0.309 e. The molecule has 1 atom stereocenters. The second kappa shape index (κ2) is 6.16. The highest BCUT2D eigenvalue weighted by Crippen LogP contribution is 2.39. The summed E-state index contributed by atoms with van der Waals surface area (Å²) in [5.74, 6) is 0.112. The molecule has 25 heavy (non-hydrogen) atoms. The van der Waals surface area contributed by atoms with Gasteiger partial charge in [-0.25, -0.2) is 9.97 Å². The summed E-state index contributed by atoms with van der Waals surface area (Å²) < 4.78 is 0. The van der Waals surface area contributed by atoms with Crippen molar-refractivity contribution in [3.05, 3.63) is 12.4 Å². The fraction of sp³-hybridized carbons (Fsp3) is 0.647. The highest BCUT2D eigenvalue weighted by molar-refractivity contribution is 5.88. The van der Waals surface area contributed by atoms with Gasteiger partial charge in [-0.05, 0) is 25.7 Å². The summed E-state index contributed by atoms with van der Waals surface area (Å²) in [6.07, 6.45) is 7.09. The van der Waals surface area contributed by atoms with Crippen LogP contribution in [0.2, 0.25) is 0 Å². The smallest absolute Gasteiger partial charge is 0.309 e. The molecule has 0 aliphatic carbocycles. The van der Waals surface area contributed by atoms with E-state index in [2.05, 4.69) is 25.1 Å². The molecule has 0 saturated carbocycles. The summed E-state index contributed by atoms with van der Waals surface area (Å²) in [5, 5.41) is 12.4. The molecule has 1 aromatic heterocycles. The number of aromatic nitrogens is 2. The largest absolute Gasteiger partial charge is 0.481 e. The van der Waals surface area contributed by atoms with Crippen LogP contribution >= 0.6 is 0 Å². The molecule has 3 fully saturated rings. The van der Waals surface area contributed by atoms with Gasteiger partial charge < -0.3 is 20.2 Å². The molecular formula is C17H23N5O3. The molecule has 1 aromatic rings. The van der Waals surface area contributed by atoms with Crippen LogP contribution in [0.1, 0.15) is 32.1 Å². The number of carboxylic acids is 1. The molecule has 3 aliphatic rings. The Balaban J connectivity index is 1.53. The summed E-state index contributed by atoms with van der Waals surface area (Å²) in [6.45, 7) is 3.34. The Morgan fingerprint density at radius 3 is 2.20 bits per heavy atom.